The maximum atomic E-state index is 12.3. The molecule has 84 valence electrons. The number of hydrogen-bond donors (Lipinski definition) is 0. The van der Waals surface area contributed by atoms with Crippen molar-refractivity contribution in [2.45, 2.75) is 26.4 Å². The highest BCUT2D eigenvalue weighted by Gasteiger charge is 2.40. The first-order valence-corrected chi connectivity index (χ1v) is 4.37. The topological polar surface area (TPSA) is 26.3 Å². The molecule has 0 radical (unpaired) electrons. The summed E-state index contributed by atoms with van der Waals surface area (Å²) in [6, 6.07) is 0. The third-order valence-electron chi connectivity index (χ3n) is 1.92. The Morgan fingerprint density at radius 1 is 1.36 bits per heavy atom. The molecule has 0 spiro atoms. The first-order chi connectivity index (χ1) is 6.29. The van der Waals surface area contributed by atoms with Gasteiger partial charge in [-0.15, -0.1) is 0 Å². The van der Waals surface area contributed by atoms with E-state index in [1.807, 2.05) is 0 Å². The van der Waals surface area contributed by atoms with Gasteiger partial charge in [-0.3, -0.25) is 4.79 Å². The Hall–Kier alpha value is -0.580. The molecule has 14 heavy (non-hydrogen) atoms. The van der Waals surface area contributed by atoms with Crippen LogP contribution < -0.4 is 0 Å². The molecule has 0 saturated carbocycles. The van der Waals surface area contributed by atoms with E-state index in [9.17, 15) is 18.0 Å². The van der Waals surface area contributed by atoms with Crippen LogP contribution >= 0.6 is 0 Å². The van der Waals surface area contributed by atoms with Crippen molar-refractivity contribution in [1.29, 1.82) is 0 Å². The van der Waals surface area contributed by atoms with Gasteiger partial charge in [0.15, 0.2) is 0 Å². The van der Waals surface area contributed by atoms with E-state index in [0.717, 1.165) is 0 Å². The van der Waals surface area contributed by atoms with Crippen LogP contribution in [0.1, 0.15) is 20.3 Å². The lowest BCUT2D eigenvalue weighted by molar-refractivity contribution is -0.189. The van der Waals surface area contributed by atoms with Crippen molar-refractivity contribution in [3.05, 3.63) is 0 Å². The SMILES string of the molecule is COCC(CC(=O)C(C)C)C(F)(F)F. The maximum absolute atomic E-state index is 12.3. The summed E-state index contributed by atoms with van der Waals surface area (Å²) >= 11 is 0. The number of carbonyl (C=O) groups excluding carboxylic acids is 1. The van der Waals surface area contributed by atoms with Crippen LogP contribution in [0.3, 0.4) is 0 Å². The highest BCUT2D eigenvalue weighted by molar-refractivity contribution is 5.80. The summed E-state index contributed by atoms with van der Waals surface area (Å²) in [6.45, 7) is 2.72. The number of Topliss-reactive ketones (excluding diaryl/α,β-unsaturated/α-hetero) is 1. The third-order valence-corrected chi connectivity index (χ3v) is 1.92. The van der Waals surface area contributed by atoms with Crippen LogP contribution in [-0.2, 0) is 9.53 Å². The minimum Gasteiger partial charge on any atom is -0.384 e. The molecule has 0 aromatic heterocycles. The monoisotopic (exact) mass is 212 g/mol. The number of ketones is 1. The normalized spacial score (nSPS) is 14.5. The van der Waals surface area contributed by atoms with Gasteiger partial charge in [-0.05, 0) is 0 Å². The van der Waals surface area contributed by atoms with E-state index in [2.05, 4.69) is 4.74 Å². The quantitative estimate of drug-likeness (QED) is 0.699. The minimum atomic E-state index is -4.36. The van der Waals surface area contributed by atoms with Crippen LogP contribution in [0, 0.1) is 11.8 Å². The van der Waals surface area contributed by atoms with Crippen LogP contribution in [-0.4, -0.2) is 25.7 Å². The average molecular weight is 212 g/mol. The first-order valence-electron chi connectivity index (χ1n) is 4.37. The maximum Gasteiger partial charge on any atom is 0.394 e. The van der Waals surface area contributed by atoms with Gasteiger partial charge in [-0.2, -0.15) is 13.2 Å². The number of rotatable bonds is 5. The van der Waals surface area contributed by atoms with E-state index in [4.69, 9.17) is 0 Å². The lowest BCUT2D eigenvalue weighted by Gasteiger charge is -2.19. The molecule has 0 aromatic carbocycles. The molecule has 0 amide bonds. The van der Waals surface area contributed by atoms with Crippen LogP contribution in [0.4, 0.5) is 13.2 Å². The fourth-order valence-corrected chi connectivity index (χ4v) is 0.949. The first kappa shape index (κ1) is 13.4. The molecule has 1 unspecified atom stereocenters. The molecule has 0 rings (SSSR count). The molecule has 0 aliphatic heterocycles. The van der Waals surface area contributed by atoms with Gasteiger partial charge >= 0.3 is 6.18 Å². The van der Waals surface area contributed by atoms with Crippen LogP contribution in [0.5, 0.6) is 0 Å². The van der Waals surface area contributed by atoms with E-state index in [1.54, 1.807) is 13.8 Å². The summed E-state index contributed by atoms with van der Waals surface area (Å²) < 4.78 is 41.3. The van der Waals surface area contributed by atoms with Gasteiger partial charge in [-0.1, -0.05) is 13.8 Å². The summed E-state index contributed by atoms with van der Waals surface area (Å²) in [6.07, 6.45) is -4.85. The summed E-state index contributed by atoms with van der Waals surface area (Å²) in [5, 5.41) is 0. The fourth-order valence-electron chi connectivity index (χ4n) is 0.949. The molecule has 5 heteroatoms. The zero-order chi connectivity index (χ0) is 11.4. The second-order valence-corrected chi connectivity index (χ2v) is 3.52. The number of hydrogen-bond acceptors (Lipinski definition) is 2. The van der Waals surface area contributed by atoms with Crippen molar-refractivity contribution in [3.8, 4) is 0 Å². The molecule has 2 nitrogen and oxygen atoms in total. The molecule has 0 saturated heterocycles. The molecule has 0 N–H and O–H groups in total. The standard InChI is InChI=1S/C9H15F3O2/c1-6(2)8(13)4-7(5-14-3)9(10,11)12/h6-7H,4-5H2,1-3H3. The van der Waals surface area contributed by atoms with Crippen molar-refractivity contribution in [1.82, 2.24) is 0 Å². The second-order valence-electron chi connectivity index (χ2n) is 3.52. The zero-order valence-corrected chi connectivity index (χ0v) is 8.52. The molecule has 0 bridgehead atoms. The average Bonchev–Trinajstić information content (AvgIpc) is 2.01. The summed E-state index contributed by atoms with van der Waals surface area (Å²) in [4.78, 5) is 11.1. The molecule has 0 fully saturated rings. The van der Waals surface area contributed by atoms with Crippen molar-refractivity contribution < 1.29 is 22.7 Å². The van der Waals surface area contributed by atoms with Crippen molar-refractivity contribution in [2.24, 2.45) is 11.8 Å². The van der Waals surface area contributed by atoms with E-state index in [-0.39, 0.29) is 11.7 Å². The van der Waals surface area contributed by atoms with Crippen LogP contribution in [0.2, 0.25) is 0 Å². The van der Waals surface area contributed by atoms with Gasteiger partial charge in [0, 0.05) is 19.4 Å². The fraction of sp³-hybridized carbons (Fsp3) is 0.889. The molecular weight excluding hydrogens is 197 g/mol. The Balaban J connectivity index is 4.31. The second kappa shape index (κ2) is 5.34. The van der Waals surface area contributed by atoms with Gasteiger partial charge in [0.25, 0.3) is 0 Å². The Morgan fingerprint density at radius 3 is 2.14 bits per heavy atom. The number of alkyl halides is 3. The van der Waals surface area contributed by atoms with E-state index in [0.29, 0.717) is 0 Å². The Kier molecular flexibility index (Phi) is 5.12. The zero-order valence-electron chi connectivity index (χ0n) is 8.52. The Morgan fingerprint density at radius 2 is 1.86 bits per heavy atom. The lowest BCUT2D eigenvalue weighted by atomic mass is 9.96. The number of carbonyl (C=O) groups is 1. The molecule has 1 atom stereocenters. The number of methoxy groups -OCH3 is 1. The van der Waals surface area contributed by atoms with Crippen molar-refractivity contribution >= 4 is 5.78 Å². The summed E-state index contributed by atoms with van der Waals surface area (Å²) in [5.74, 6) is -2.43. The van der Waals surface area contributed by atoms with Crippen molar-refractivity contribution in [3.63, 3.8) is 0 Å². The van der Waals surface area contributed by atoms with Crippen LogP contribution in [0.25, 0.3) is 0 Å². The minimum absolute atomic E-state index is 0.364. The molecule has 0 aliphatic carbocycles. The molecule has 0 aromatic rings. The molecule has 0 heterocycles. The van der Waals surface area contributed by atoms with Gasteiger partial charge in [0.1, 0.15) is 5.78 Å². The van der Waals surface area contributed by atoms with Gasteiger partial charge in [-0.25, -0.2) is 0 Å². The Labute approximate surface area is 81.4 Å². The van der Waals surface area contributed by atoms with E-state index < -0.39 is 25.1 Å². The predicted molar refractivity (Wildman–Crippen MR) is 45.9 cm³/mol. The van der Waals surface area contributed by atoms with Gasteiger partial charge < -0.3 is 4.74 Å². The largest absolute Gasteiger partial charge is 0.394 e. The summed E-state index contributed by atoms with van der Waals surface area (Å²) in [7, 11) is 1.19. The van der Waals surface area contributed by atoms with E-state index in [1.165, 1.54) is 7.11 Å². The Bertz CT molecular complexity index is 187. The molecule has 0 aliphatic rings. The van der Waals surface area contributed by atoms with Gasteiger partial charge in [0.2, 0.25) is 0 Å². The predicted octanol–water partition coefficient (Wildman–Crippen LogP) is 2.43. The highest BCUT2D eigenvalue weighted by atomic mass is 19.4. The lowest BCUT2D eigenvalue weighted by Crippen LogP contribution is -2.30. The smallest absolute Gasteiger partial charge is 0.384 e. The van der Waals surface area contributed by atoms with Crippen molar-refractivity contribution in [2.75, 3.05) is 13.7 Å². The third kappa shape index (κ3) is 4.60. The van der Waals surface area contributed by atoms with E-state index >= 15 is 0 Å². The van der Waals surface area contributed by atoms with Gasteiger partial charge in [0.05, 0.1) is 12.5 Å². The number of halogens is 3. The van der Waals surface area contributed by atoms with Crippen LogP contribution in [0.15, 0.2) is 0 Å². The summed E-state index contributed by atoms with van der Waals surface area (Å²) in [5.41, 5.74) is 0. The number of ether oxygens (including phenoxy) is 1. The molecular formula is C9H15F3O2. The highest BCUT2D eigenvalue weighted by Crippen LogP contribution is 2.29.